The third kappa shape index (κ3) is 3.82. The van der Waals surface area contributed by atoms with Crippen molar-refractivity contribution in [3.05, 3.63) is 18.2 Å². The molecule has 0 spiro atoms. The summed E-state index contributed by atoms with van der Waals surface area (Å²) in [6, 6.07) is 5.65. The second-order valence-corrected chi connectivity index (χ2v) is 4.75. The summed E-state index contributed by atoms with van der Waals surface area (Å²) in [5, 5.41) is 9.86. The number of hydrogen-bond acceptors (Lipinski definition) is 4. The smallest absolute Gasteiger partial charge is 0.143 e. The van der Waals surface area contributed by atoms with Gasteiger partial charge in [0.05, 0.1) is 18.4 Å². The van der Waals surface area contributed by atoms with E-state index in [9.17, 15) is 5.11 Å². The van der Waals surface area contributed by atoms with Crippen LogP contribution >= 0.6 is 0 Å². The maximum atomic E-state index is 9.86. The molecule has 0 aliphatic carbocycles. The van der Waals surface area contributed by atoms with Gasteiger partial charge in [0.15, 0.2) is 0 Å². The van der Waals surface area contributed by atoms with E-state index in [1.807, 2.05) is 18.2 Å². The van der Waals surface area contributed by atoms with Crippen molar-refractivity contribution in [2.75, 3.05) is 30.8 Å². The predicted molar refractivity (Wildman–Crippen MR) is 71.6 cm³/mol. The number of methoxy groups -OCH3 is 1. The lowest BCUT2D eigenvalue weighted by molar-refractivity contribution is 0.0876. The van der Waals surface area contributed by atoms with Crippen LogP contribution in [0.15, 0.2) is 18.2 Å². The molecular formula is C13H22N2O2. The summed E-state index contributed by atoms with van der Waals surface area (Å²) in [5.41, 5.74) is 6.67. The molecule has 0 radical (unpaired) electrons. The first-order valence-corrected chi connectivity index (χ1v) is 5.78. The normalized spacial score (nSPS) is 11.4. The lowest BCUT2D eigenvalue weighted by Crippen LogP contribution is -2.38. The van der Waals surface area contributed by atoms with Crippen molar-refractivity contribution in [1.82, 2.24) is 0 Å². The Hall–Kier alpha value is -1.42. The van der Waals surface area contributed by atoms with E-state index in [0.29, 0.717) is 18.0 Å². The molecule has 0 aliphatic rings. The summed E-state index contributed by atoms with van der Waals surface area (Å²) in [6.45, 7) is 7.02. The maximum Gasteiger partial charge on any atom is 0.143 e. The van der Waals surface area contributed by atoms with Gasteiger partial charge in [-0.25, -0.2) is 0 Å². The molecule has 0 heterocycles. The molecular weight excluding hydrogens is 216 g/mol. The zero-order chi connectivity index (χ0) is 13.1. The van der Waals surface area contributed by atoms with Crippen LogP contribution in [0.5, 0.6) is 5.75 Å². The highest BCUT2D eigenvalue weighted by molar-refractivity contribution is 5.62. The van der Waals surface area contributed by atoms with Gasteiger partial charge in [-0.05, 0) is 32.9 Å². The summed E-state index contributed by atoms with van der Waals surface area (Å²) >= 11 is 0. The van der Waals surface area contributed by atoms with Crippen molar-refractivity contribution in [2.45, 2.75) is 26.4 Å². The van der Waals surface area contributed by atoms with Crippen molar-refractivity contribution in [3.63, 3.8) is 0 Å². The van der Waals surface area contributed by atoms with Gasteiger partial charge in [-0.1, -0.05) is 0 Å². The van der Waals surface area contributed by atoms with Crippen LogP contribution in [0.1, 0.15) is 20.8 Å². The minimum absolute atomic E-state index is 0.566. The van der Waals surface area contributed by atoms with Crippen LogP contribution in [-0.2, 0) is 0 Å². The highest BCUT2D eigenvalue weighted by atomic mass is 16.5. The molecule has 0 saturated carbocycles. The fourth-order valence-corrected chi connectivity index (χ4v) is 1.75. The van der Waals surface area contributed by atoms with E-state index in [-0.39, 0.29) is 0 Å². The fourth-order valence-electron chi connectivity index (χ4n) is 1.75. The van der Waals surface area contributed by atoms with Crippen molar-refractivity contribution >= 4 is 11.4 Å². The molecule has 0 unspecified atom stereocenters. The molecule has 96 valence electrons. The average Bonchev–Trinajstić information content (AvgIpc) is 2.25. The third-order valence-electron chi connectivity index (χ3n) is 2.54. The van der Waals surface area contributed by atoms with Crippen molar-refractivity contribution in [3.8, 4) is 5.75 Å². The molecule has 0 aliphatic heterocycles. The molecule has 0 saturated heterocycles. The van der Waals surface area contributed by atoms with Gasteiger partial charge in [-0.3, -0.25) is 0 Å². The predicted octanol–water partition coefficient (Wildman–Crippen LogP) is 1.87. The SMILES string of the molecule is CCN(CC(C)(C)O)c1ccc(N)c(OC)c1. The van der Waals surface area contributed by atoms with Crippen LogP contribution in [-0.4, -0.2) is 30.9 Å². The number of anilines is 2. The molecule has 17 heavy (non-hydrogen) atoms. The van der Waals surface area contributed by atoms with Gasteiger partial charge in [0.2, 0.25) is 0 Å². The quantitative estimate of drug-likeness (QED) is 0.769. The number of likely N-dealkylation sites (N-methyl/N-ethyl adjacent to an activating group) is 1. The standard InChI is InChI=1S/C13H22N2O2/c1-5-15(9-13(2,3)16)10-6-7-11(14)12(8-10)17-4/h6-8,16H,5,9,14H2,1-4H3. The molecule has 4 nitrogen and oxygen atoms in total. The van der Waals surface area contributed by atoms with Crippen LogP contribution in [0.25, 0.3) is 0 Å². The lowest BCUT2D eigenvalue weighted by Gasteiger charge is -2.30. The average molecular weight is 238 g/mol. The Kier molecular flexibility index (Phi) is 4.23. The van der Waals surface area contributed by atoms with E-state index in [4.69, 9.17) is 10.5 Å². The molecule has 1 aromatic carbocycles. The van der Waals surface area contributed by atoms with Crippen LogP contribution < -0.4 is 15.4 Å². The topological polar surface area (TPSA) is 58.7 Å². The Morgan fingerprint density at radius 1 is 1.41 bits per heavy atom. The first-order valence-electron chi connectivity index (χ1n) is 5.78. The Balaban J connectivity index is 2.96. The number of ether oxygens (including phenoxy) is 1. The Morgan fingerprint density at radius 2 is 2.06 bits per heavy atom. The van der Waals surface area contributed by atoms with E-state index in [2.05, 4.69) is 11.8 Å². The maximum absolute atomic E-state index is 9.86. The lowest BCUT2D eigenvalue weighted by atomic mass is 10.1. The number of hydrogen-bond donors (Lipinski definition) is 2. The van der Waals surface area contributed by atoms with Gasteiger partial charge < -0.3 is 20.5 Å². The van der Waals surface area contributed by atoms with E-state index in [1.165, 1.54) is 0 Å². The first-order chi connectivity index (χ1) is 7.87. The zero-order valence-corrected chi connectivity index (χ0v) is 11.0. The van der Waals surface area contributed by atoms with E-state index in [1.54, 1.807) is 21.0 Å². The summed E-state index contributed by atoms with van der Waals surface area (Å²) in [7, 11) is 1.60. The van der Waals surface area contributed by atoms with Gasteiger partial charge in [-0.15, -0.1) is 0 Å². The monoisotopic (exact) mass is 238 g/mol. The Bertz CT molecular complexity index is 372. The summed E-state index contributed by atoms with van der Waals surface area (Å²) in [6.07, 6.45) is 0. The van der Waals surface area contributed by atoms with E-state index >= 15 is 0 Å². The molecule has 1 aromatic rings. The first kappa shape index (κ1) is 13.6. The molecule has 0 fully saturated rings. The summed E-state index contributed by atoms with van der Waals surface area (Å²) in [5.74, 6) is 0.664. The van der Waals surface area contributed by atoms with Gasteiger partial charge in [-0.2, -0.15) is 0 Å². The number of aliphatic hydroxyl groups is 1. The number of rotatable bonds is 5. The number of nitrogens with zero attached hydrogens (tertiary/aromatic N) is 1. The Labute approximate surface area is 103 Å². The number of nitrogens with two attached hydrogens (primary N) is 1. The van der Waals surface area contributed by atoms with Gasteiger partial charge >= 0.3 is 0 Å². The van der Waals surface area contributed by atoms with Gasteiger partial charge in [0, 0.05) is 24.8 Å². The number of benzene rings is 1. The van der Waals surface area contributed by atoms with E-state index < -0.39 is 5.60 Å². The van der Waals surface area contributed by atoms with Crippen molar-refractivity contribution in [2.24, 2.45) is 0 Å². The highest BCUT2D eigenvalue weighted by Crippen LogP contribution is 2.28. The number of nitrogen functional groups attached to an aromatic ring is 1. The fraction of sp³-hybridized carbons (Fsp3) is 0.538. The van der Waals surface area contributed by atoms with Crippen molar-refractivity contribution in [1.29, 1.82) is 0 Å². The summed E-state index contributed by atoms with van der Waals surface area (Å²) in [4.78, 5) is 2.09. The van der Waals surface area contributed by atoms with Crippen LogP contribution in [0.2, 0.25) is 0 Å². The molecule has 4 heteroatoms. The summed E-state index contributed by atoms with van der Waals surface area (Å²) < 4.78 is 5.20. The molecule has 3 N–H and O–H groups in total. The Morgan fingerprint density at radius 3 is 2.53 bits per heavy atom. The largest absolute Gasteiger partial charge is 0.495 e. The minimum atomic E-state index is -0.732. The molecule has 0 amide bonds. The third-order valence-corrected chi connectivity index (χ3v) is 2.54. The molecule has 0 bridgehead atoms. The molecule has 0 aromatic heterocycles. The van der Waals surface area contributed by atoms with Crippen LogP contribution in [0, 0.1) is 0 Å². The van der Waals surface area contributed by atoms with E-state index in [0.717, 1.165) is 12.2 Å². The van der Waals surface area contributed by atoms with Crippen molar-refractivity contribution < 1.29 is 9.84 Å². The van der Waals surface area contributed by atoms with Gasteiger partial charge in [0.1, 0.15) is 5.75 Å². The van der Waals surface area contributed by atoms with Crippen LogP contribution in [0.3, 0.4) is 0 Å². The second-order valence-electron chi connectivity index (χ2n) is 4.75. The van der Waals surface area contributed by atoms with Gasteiger partial charge in [0.25, 0.3) is 0 Å². The highest BCUT2D eigenvalue weighted by Gasteiger charge is 2.18. The zero-order valence-electron chi connectivity index (χ0n) is 11.0. The minimum Gasteiger partial charge on any atom is -0.495 e. The van der Waals surface area contributed by atoms with Crippen LogP contribution in [0.4, 0.5) is 11.4 Å². The molecule has 1 rings (SSSR count). The molecule has 0 atom stereocenters. The second kappa shape index (κ2) is 5.27.